The Labute approximate surface area is 188 Å². The Balaban J connectivity index is 1.66. The van der Waals surface area contributed by atoms with Gasteiger partial charge in [0, 0.05) is 32.9 Å². The second-order valence-corrected chi connectivity index (χ2v) is 7.27. The topological polar surface area (TPSA) is 89.0 Å². The Bertz CT molecular complexity index is 1130. The van der Waals surface area contributed by atoms with Crippen LogP contribution in [-0.2, 0) is 0 Å². The van der Waals surface area contributed by atoms with Crippen LogP contribution in [-0.4, -0.2) is 32.2 Å². The van der Waals surface area contributed by atoms with Crippen molar-refractivity contribution >= 4 is 39.6 Å². The van der Waals surface area contributed by atoms with Crippen molar-refractivity contribution in [2.45, 2.75) is 0 Å². The standard InChI is InChI=1S/C23H20BrN3O4/c1-30-20-10-9-17(21(13-20)31-2)14-25-27-23(29)16-6-4-8-19(12-16)26-22(28)15-5-3-7-18(24)11-15/h3-14H,1-2H3,(H,26,28)(H,27,29)/b25-14+. The van der Waals surface area contributed by atoms with Crippen molar-refractivity contribution in [3.05, 3.63) is 87.9 Å². The fourth-order valence-electron chi connectivity index (χ4n) is 2.72. The molecule has 3 aromatic carbocycles. The van der Waals surface area contributed by atoms with Gasteiger partial charge < -0.3 is 14.8 Å². The minimum atomic E-state index is -0.415. The highest BCUT2D eigenvalue weighted by Crippen LogP contribution is 2.23. The third-order valence-electron chi connectivity index (χ3n) is 4.28. The molecule has 3 aromatic rings. The molecule has 0 saturated carbocycles. The van der Waals surface area contributed by atoms with Crippen LogP contribution in [0.5, 0.6) is 11.5 Å². The Hall–Kier alpha value is -3.65. The van der Waals surface area contributed by atoms with Crippen LogP contribution in [0.1, 0.15) is 26.3 Å². The molecular weight excluding hydrogens is 462 g/mol. The summed E-state index contributed by atoms with van der Waals surface area (Å²) in [6.07, 6.45) is 1.48. The number of benzene rings is 3. The molecule has 0 atom stereocenters. The van der Waals surface area contributed by atoms with Crippen molar-refractivity contribution in [3.8, 4) is 11.5 Å². The Kier molecular flexibility index (Phi) is 7.40. The third kappa shape index (κ3) is 5.93. The molecule has 0 saturated heterocycles. The first-order valence-electron chi connectivity index (χ1n) is 9.22. The molecule has 2 amide bonds. The van der Waals surface area contributed by atoms with Crippen LogP contribution in [0, 0.1) is 0 Å². The number of carbonyl (C=O) groups excluding carboxylic acids is 2. The number of nitrogens with zero attached hydrogens (tertiary/aromatic N) is 1. The van der Waals surface area contributed by atoms with E-state index < -0.39 is 5.91 Å². The maximum absolute atomic E-state index is 12.4. The molecule has 0 aliphatic heterocycles. The highest BCUT2D eigenvalue weighted by atomic mass is 79.9. The summed E-state index contributed by atoms with van der Waals surface area (Å²) < 4.78 is 11.3. The summed E-state index contributed by atoms with van der Waals surface area (Å²) in [4.78, 5) is 24.9. The number of halogens is 1. The zero-order valence-electron chi connectivity index (χ0n) is 16.9. The number of anilines is 1. The summed E-state index contributed by atoms with van der Waals surface area (Å²) in [6, 6.07) is 18.9. The predicted octanol–water partition coefficient (Wildman–Crippen LogP) is 4.48. The lowest BCUT2D eigenvalue weighted by Crippen LogP contribution is -2.18. The van der Waals surface area contributed by atoms with E-state index in [0.717, 1.165) is 4.47 Å². The number of methoxy groups -OCH3 is 2. The van der Waals surface area contributed by atoms with Crippen LogP contribution >= 0.6 is 15.9 Å². The SMILES string of the molecule is COc1ccc(/C=N/NC(=O)c2cccc(NC(=O)c3cccc(Br)c3)c2)c(OC)c1. The summed E-state index contributed by atoms with van der Waals surface area (Å²) in [5, 5.41) is 6.77. The Morgan fingerprint density at radius 2 is 1.65 bits per heavy atom. The first-order chi connectivity index (χ1) is 15.0. The molecule has 0 bridgehead atoms. The molecule has 0 heterocycles. The molecule has 0 aliphatic rings. The minimum absolute atomic E-state index is 0.275. The van der Waals surface area contributed by atoms with Crippen molar-refractivity contribution < 1.29 is 19.1 Å². The monoisotopic (exact) mass is 481 g/mol. The summed E-state index contributed by atoms with van der Waals surface area (Å²) in [5.41, 5.74) is 4.50. The summed E-state index contributed by atoms with van der Waals surface area (Å²) in [7, 11) is 3.11. The second-order valence-electron chi connectivity index (χ2n) is 6.35. The number of nitrogens with one attached hydrogen (secondary N) is 2. The van der Waals surface area contributed by atoms with Crippen molar-refractivity contribution in [2.24, 2.45) is 5.10 Å². The van der Waals surface area contributed by atoms with Gasteiger partial charge in [-0.2, -0.15) is 5.10 Å². The van der Waals surface area contributed by atoms with Gasteiger partial charge in [-0.05, 0) is 48.5 Å². The van der Waals surface area contributed by atoms with E-state index in [1.165, 1.54) is 6.21 Å². The zero-order valence-corrected chi connectivity index (χ0v) is 18.5. The normalized spacial score (nSPS) is 10.5. The van der Waals surface area contributed by atoms with Crippen molar-refractivity contribution in [3.63, 3.8) is 0 Å². The molecule has 0 fully saturated rings. The van der Waals surface area contributed by atoms with E-state index in [0.29, 0.717) is 33.9 Å². The van der Waals surface area contributed by atoms with Crippen molar-refractivity contribution in [2.75, 3.05) is 19.5 Å². The average molecular weight is 482 g/mol. The van der Waals surface area contributed by atoms with Crippen LogP contribution in [0.2, 0.25) is 0 Å². The van der Waals surface area contributed by atoms with E-state index >= 15 is 0 Å². The molecule has 0 spiro atoms. The molecule has 0 aromatic heterocycles. The summed E-state index contributed by atoms with van der Waals surface area (Å²) in [6.45, 7) is 0. The van der Waals surface area contributed by atoms with Gasteiger partial charge in [0.1, 0.15) is 11.5 Å². The van der Waals surface area contributed by atoms with Gasteiger partial charge >= 0.3 is 0 Å². The fraction of sp³-hybridized carbons (Fsp3) is 0.0870. The highest BCUT2D eigenvalue weighted by molar-refractivity contribution is 9.10. The van der Waals surface area contributed by atoms with E-state index in [4.69, 9.17) is 9.47 Å². The number of carbonyl (C=O) groups is 2. The fourth-order valence-corrected chi connectivity index (χ4v) is 3.12. The molecule has 0 unspecified atom stereocenters. The molecule has 0 radical (unpaired) electrons. The number of hydrogen-bond donors (Lipinski definition) is 2. The lowest BCUT2D eigenvalue weighted by Gasteiger charge is -2.08. The van der Waals surface area contributed by atoms with E-state index in [-0.39, 0.29) is 5.91 Å². The first kappa shape index (κ1) is 22.0. The van der Waals surface area contributed by atoms with Crippen LogP contribution in [0.25, 0.3) is 0 Å². The molecule has 8 heteroatoms. The van der Waals surface area contributed by atoms with E-state index in [1.807, 2.05) is 6.07 Å². The van der Waals surface area contributed by atoms with E-state index in [9.17, 15) is 9.59 Å². The van der Waals surface area contributed by atoms with Gasteiger partial charge in [0.25, 0.3) is 11.8 Å². The maximum atomic E-state index is 12.4. The van der Waals surface area contributed by atoms with Gasteiger partial charge in [-0.1, -0.05) is 28.1 Å². The second kappa shape index (κ2) is 10.4. The number of amides is 2. The number of hydrazone groups is 1. The highest BCUT2D eigenvalue weighted by Gasteiger charge is 2.10. The smallest absolute Gasteiger partial charge is 0.271 e. The maximum Gasteiger partial charge on any atom is 0.271 e. The van der Waals surface area contributed by atoms with Crippen LogP contribution in [0.15, 0.2) is 76.3 Å². The molecule has 2 N–H and O–H groups in total. The molecule has 3 rings (SSSR count). The molecular formula is C23H20BrN3O4. The van der Waals surface area contributed by atoms with Gasteiger partial charge in [-0.3, -0.25) is 9.59 Å². The first-order valence-corrected chi connectivity index (χ1v) is 10.0. The Morgan fingerprint density at radius 3 is 2.35 bits per heavy atom. The van der Waals surface area contributed by atoms with Gasteiger partial charge in [-0.25, -0.2) is 5.43 Å². The van der Waals surface area contributed by atoms with Gasteiger partial charge in [0.15, 0.2) is 0 Å². The van der Waals surface area contributed by atoms with Gasteiger partial charge in [0.05, 0.1) is 20.4 Å². The molecule has 158 valence electrons. The summed E-state index contributed by atoms with van der Waals surface area (Å²) >= 11 is 3.34. The van der Waals surface area contributed by atoms with Crippen LogP contribution < -0.4 is 20.2 Å². The average Bonchev–Trinajstić information content (AvgIpc) is 2.79. The predicted molar refractivity (Wildman–Crippen MR) is 123 cm³/mol. The lowest BCUT2D eigenvalue weighted by atomic mass is 10.1. The molecule has 31 heavy (non-hydrogen) atoms. The minimum Gasteiger partial charge on any atom is -0.497 e. The molecule has 7 nitrogen and oxygen atoms in total. The van der Waals surface area contributed by atoms with Crippen LogP contribution in [0.4, 0.5) is 5.69 Å². The van der Waals surface area contributed by atoms with Crippen LogP contribution in [0.3, 0.4) is 0 Å². The van der Waals surface area contributed by atoms with Gasteiger partial charge in [0.2, 0.25) is 0 Å². The Morgan fingerprint density at radius 1 is 0.903 bits per heavy atom. The van der Waals surface area contributed by atoms with E-state index in [1.54, 1.807) is 74.9 Å². The van der Waals surface area contributed by atoms with Crippen molar-refractivity contribution in [1.82, 2.24) is 5.43 Å². The summed E-state index contributed by atoms with van der Waals surface area (Å²) in [5.74, 6) is 0.528. The van der Waals surface area contributed by atoms with E-state index in [2.05, 4.69) is 31.8 Å². The van der Waals surface area contributed by atoms with Gasteiger partial charge in [-0.15, -0.1) is 0 Å². The van der Waals surface area contributed by atoms with Crippen molar-refractivity contribution in [1.29, 1.82) is 0 Å². The molecule has 0 aliphatic carbocycles. The quantitative estimate of drug-likeness (QED) is 0.384. The lowest BCUT2D eigenvalue weighted by molar-refractivity contribution is 0.0953. The largest absolute Gasteiger partial charge is 0.497 e. The number of rotatable bonds is 7. The number of ether oxygens (including phenoxy) is 2. The zero-order chi connectivity index (χ0) is 22.2. The number of hydrogen-bond acceptors (Lipinski definition) is 5. The third-order valence-corrected chi connectivity index (χ3v) is 4.77.